The molecule has 0 saturated heterocycles. The first kappa shape index (κ1) is 18.2. The summed E-state index contributed by atoms with van der Waals surface area (Å²) in [7, 11) is 0. The van der Waals surface area contributed by atoms with E-state index in [4.69, 9.17) is 11.6 Å². The monoisotopic (exact) mass is 386 g/mol. The quantitative estimate of drug-likeness (QED) is 0.629. The Labute approximate surface area is 149 Å². The van der Waals surface area contributed by atoms with Crippen LogP contribution in [0.1, 0.15) is 22.5 Å². The number of rotatable bonds is 4. The van der Waals surface area contributed by atoms with E-state index in [0.29, 0.717) is 5.56 Å². The number of aromatic nitrogens is 2. The van der Waals surface area contributed by atoms with Crippen molar-refractivity contribution in [2.75, 3.05) is 0 Å². The minimum atomic E-state index is -4.59. The fraction of sp³-hybridized carbons (Fsp3) is 0.176. The van der Waals surface area contributed by atoms with Gasteiger partial charge in [-0.25, -0.2) is 9.18 Å². The zero-order valence-corrected chi connectivity index (χ0v) is 13.8. The molecule has 0 saturated carbocycles. The molecule has 0 N–H and O–H groups in total. The van der Waals surface area contributed by atoms with Gasteiger partial charge in [-0.05, 0) is 29.3 Å². The second-order valence-electron chi connectivity index (χ2n) is 5.53. The Bertz CT molecular complexity index is 978. The van der Waals surface area contributed by atoms with Gasteiger partial charge in [-0.2, -0.15) is 13.2 Å². The molecule has 0 aliphatic heterocycles. The summed E-state index contributed by atoms with van der Waals surface area (Å²) in [6.45, 7) is 0.0362. The van der Waals surface area contributed by atoms with Gasteiger partial charge in [0.1, 0.15) is 5.82 Å². The Hall–Kier alpha value is -2.61. The Morgan fingerprint density at radius 1 is 1.12 bits per heavy atom. The van der Waals surface area contributed by atoms with E-state index >= 15 is 0 Å². The van der Waals surface area contributed by atoms with E-state index in [1.54, 1.807) is 0 Å². The lowest BCUT2D eigenvalue weighted by atomic mass is 10.1. The molecule has 26 heavy (non-hydrogen) atoms. The fourth-order valence-electron chi connectivity index (χ4n) is 2.46. The van der Waals surface area contributed by atoms with Crippen molar-refractivity contribution in [3.8, 4) is 0 Å². The molecular weight excluding hydrogens is 376 g/mol. The van der Waals surface area contributed by atoms with Crippen molar-refractivity contribution in [3.05, 3.63) is 86.4 Å². The van der Waals surface area contributed by atoms with E-state index in [0.717, 1.165) is 10.6 Å². The van der Waals surface area contributed by atoms with Crippen LogP contribution < -0.4 is 5.76 Å². The minimum absolute atomic E-state index is 0.0362. The number of hydrogen-bond acceptors (Lipinski definition) is 3. The van der Waals surface area contributed by atoms with E-state index < -0.39 is 28.3 Å². The highest BCUT2D eigenvalue weighted by Crippen LogP contribution is 2.36. The smallest absolute Gasteiger partial charge is 0.296 e. The molecule has 4 nitrogen and oxygen atoms in total. The van der Waals surface area contributed by atoms with E-state index in [1.807, 2.05) is 0 Å². The maximum absolute atomic E-state index is 13.0. The van der Waals surface area contributed by atoms with Crippen molar-refractivity contribution < 1.29 is 22.1 Å². The first-order valence-corrected chi connectivity index (χ1v) is 7.78. The Balaban J connectivity index is 1.93. The van der Waals surface area contributed by atoms with Crippen LogP contribution in [0, 0.1) is 5.82 Å². The molecule has 1 heterocycles. The lowest BCUT2D eigenvalue weighted by molar-refractivity contribution is -0.137. The largest absolute Gasteiger partial charge is 0.441 e. The summed E-state index contributed by atoms with van der Waals surface area (Å²) >= 11 is 5.87. The zero-order valence-electron chi connectivity index (χ0n) is 13.1. The third-order valence-electron chi connectivity index (χ3n) is 3.75. The molecule has 136 valence electrons. The molecule has 0 aliphatic carbocycles. The third-order valence-corrected chi connectivity index (χ3v) is 4.19. The fourth-order valence-corrected chi connectivity index (χ4v) is 2.76. The first-order valence-electron chi connectivity index (χ1n) is 7.40. The molecule has 0 amide bonds. The van der Waals surface area contributed by atoms with Gasteiger partial charge in [0.25, 0.3) is 0 Å². The van der Waals surface area contributed by atoms with Crippen molar-refractivity contribution in [3.63, 3.8) is 0 Å². The molecule has 0 spiro atoms. The first-order chi connectivity index (χ1) is 12.3. The van der Waals surface area contributed by atoms with Gasteiger partial charge in [0.15, 0.2) is 5.82 Å². The molecular formula is C17H11ClF4N2O2. The maximum Gasteiger partial charge on any atom is 0.441 e. The summed E-state index contributed by atoms with van der Waals surface area (Å²) < 4.78 is 57.7. The van der Waals surface area contributed by atoms with Gasteiger partial charge in [0.2, 0.25) is 0 Å². The van der Waals surface area contributed by atoms with Crippen molar-refractivity contribution in [1.82, 2.24) is 9.72 Å². The molecule has 2 aromatic carbocycles. The Kier molecular flexibility index (Phi) is 4.86. The van der Waals surface area contributed by atoms with Gasteiger partial charge in [-0.3, -0.25) is 9.09 Å². The predicted molar refractivity (Wildman–Crippen MR) is 85.5 cm³/mol. The maximum atomic E-state index is 13.0. The summed E-state index contributed by atoms with van der Waals surface area (Å²) in [4.78, 5) is 11.9. The van der Waals surface area contributed by atoms with E-state index in [9.17, 15) is 22.4 Å². The number of alkyl halides is 3. The summed E-state index contributed by atoms with van der Waals surface area (Å²) in [5.74, 6) is -1.09. The second kappa shape index (κ2) is 6.95. The molecule has 0 unspecified atom stereocenters. The molecule has 0 aliphatic rings. The van der Waals surface area contributed by atoms with Crippen LogP contribution >= 0.6 is 11.6 Å². The lowest BCUT2D eigenvalue weighted by Gasteiger charge is -2.12. The van der Waals surface area contributed by atoms with Crippen molar-refractivity contribution in [1.29, 1.82) is 0 Å². The Morgan fingerprint density at radius 2 is 1.81 bits per heavy atom. The minimum Gasteiger partial charge on any atom is -0.296 e. The molecule has 1 aromatic heterocycles. The zero-order chi connectivity index (χ0) is 18.9. The average molecular weight is 387 g/mol. The van der Waals surface area contributed by atoms with Crippen LogP contribution in [0.4, 0.5) is 17.6 Å². The van der Waals surface area contributed by atoms with E-state index in [-0.39, 0.29) is 24.4 Å². The topological polar surface area (TPSA) is 48.0 Å². The van der Waals surface area contributed by atoms with Crippen LogP contribution in [0.15, 0.2) is 51.8 Å². The second-order valence-corrected chi connectivity index (χ2v) is 5.91. The Morgan fingerprint density at radius 3 is 2.46 bits per heavy atom. The number of nitrogens with zero attached hydrogens (tertiary/aromatic N) is 2. The highest BCUT2D eigenvalue weighted by molar-refractivity contribution is 6.32. The van der Waals surface area contributed by atoms with Crippen LogP contribution in [0.2, 0.25) is 5.02 Å². The van der Waals surface area contributed by atoms with Gasteiger partial charge in [0.05, 0.1) is 17.1 Å². The van der Waals surface area contributed by atoms with Gasteiger partial charge >= 0.3 is 11.9 Å². The summed E-state index contributed by atoms with van der Waals surface area (Å²) in [6, 6.07) is 8.95. The number of hydrogen-bond donors (Lipinski definition) is 0. The molecule has 3 rings (SSSR count). The third kappa shape index (κ3) is 3.80. The molecule has 0 radical (unpaired) electrons. The highest BCUT2D eigenvalue weighted by atomic mass is 35.5. The number of benzene rings is 2. The summed E-state index contributed by atoms with van der Waals surface area (Å²) in [5, 5.41) is 3.16. The summed E-state index contributed by atoms with van der Waals surface area (Å²) in [5.41, 5.74) is -0.205. The van der Waals surface area contributed by atoms with Gasteiger partial charge in [-0.15, -0.1) is 0 Å². The summed E-state index contributed by atoms with van der Waals surface area (Å²) in [6.07, 6.45) is -4.72. The average Bonchev–Trinajstić information content (AvgIpc) is 2.91. The van der Waals surface area contributed by atoms with E-state index in [2.05, 4.69) is 9.68 Å². The number of halogens is 5. The van der Waals surface area contributed by atoms with Crippen LogP contribution in [0.3, 0.4) is 0 Å². The van der Waals surface area contributed by atoms with Crippen LogP contribution in [-0.2, 0) is 19.1 Å². The van der Waals surface area contributed by atoms with Gasteiger partial charge in [0, 0.05) is 6.42 Å². The molecule has 3 aromatic rings. The van der Waals surface area contributed by atoms with Crippen molar-refractivity contribution >= 4 is 11.6 Å². The van der Waals surface area contributed by atoms with Crippen LogP contribution in [-0.4, -0.2) is 9.72 Å². The van der Waals surface area contributed by atoms with Gasteiger partial charge < -0.3 is 0 Å². The van der Waals surface area contributed by atoms with Gasteiger partial charge in [-0.1, -0.05) is 41.0 Å². The molecule has 9 heteroatoms. The van der Waals surface area contributed by atoms with E-state index in [1.165, 1.54) is 36.4 Å². The molecule has 0 bridgehead atoms. The molecule has 0 fully saturated rings. The van der Waals surface area contributed by atoms with Crippen molar-refractivity contribution in [2.24, 2.45) is 0 Å². The lowest BCUT2D eigenvalue weighted by Crippen LogP contribution is -2.18. The highest BCUT2D eigenvalue weighted by Gasteiger charge is 2.34. The van der Waals surface area contributed by atoms with Crippen LogP contribution in [0.25, 0.3) is 0 Å². The van der Waals surface area contributed by atoms with Crippen molar-refractivity contribution in [2.45, 2.75) is 19.1 Å². The molecule has 0 atom stereocenters. The SMILES string of the molecule is O=c1onc(Cc2cccc(C(F)(F)F)c2Cl)n1Cc1ccc(F)cc1. The standard InChI is InChI=1S/C17H11ClF4N2O2/c18-15-11(2-1-3-13(15)17(20,21)22)8-14-23-26-16(25)24(14)9-10-4-6-12(19)7-5-10/h1-7H,8-9H2. The normalized spacial score (nSPS) is 11.7. The van der Waals surface area contributed by atoms with Crippen LogP contribution in [0.5, 0.6) is 0 Å². The predicted octanol–water partition coefficient (Wildman–Crippen LogP) is 4.29.